The zero-order chi connectivity index (χ0) is 16.1. The van der Waals surface area contributed by atoms with Crippen molar-refractivity contribution in [3.8, 4) is 17.6 Å². The molecule has 0 bridgehead atoms. The molecule has 4 heteroatoms. The predicted molar refractivity (Wildman–Crippen MR) is 90.4 cm³/mol. The summed E-state index contributed by atoms with van der Waals surface area (Å²) in [5, 5.41) is 9.39. The second-order valence-electron chi connectivity index (χ2n) is 5.24. The molecule has 0 atom stereocenters. The van der Waals surface area contributed by atoms with E-state index in [4.69, 9.17) is 9.47 Å². The quantitative estimate of drug-likeness (QED) is 0.776. The van der Waals surface area contributed by atoms with E-state index in [-0.39, 0.29) is 6.10 Å². The molecule has 0 unspecified atom stereocenters. The minimum Gasteiger partial charge on any atom is -0.497 e. The lowest BCUT2D eigenvalue weighted by molar-refractivity contribution is 0.240. The van der Waals surface area contributed by atoms with Gasteiger partial charge >= 0.3 is 0 Å². The number of ether oxygens (including phenoxy) is 2. The third-order valence-corrected chi connectivity index (χ3v) is 3.81. The largest absolute Gasteiger partial charge is 0.497 e. The number of benzene rings is 2. The second-order valence-corrected chi connectivity index (χ2v) is 6.10. The van der Waals surface area contributed by atoms with E-state index in [9.17, 15) is 5.26 Å². The summed E-state index contributed by atoms with van der Waals surface area (Å²) in [5.74, 6) is 1.52. The van der Waals surface area contributed by atoms with Gasteiger partial charge in [-0.25, -0.2) is 0 Å². The first-order valence-corrected chi connectivity index (χ1v) is 7.85. The Bertz CT molecular complexity index is 687. The first-order chi connectivity index (χ1) is 10.5. The number of hydrogen-bond acceptors (Lipinski definition) is 3. The summed E-state index contributed by atoms with van der Waals surface area (Å²) < 4.78 is 11.7. The van der Waals surface area contributed by atoms with Crippen molar-refractivity contribution in [1.29, 1.82) is 5.26 Å². The molecule has 0 saturated heterocycles. The van der Waals surface area contributed by atoms with Gasteiger partial charge in [0.1, 0.15) is 11.5 Å². The third kappa shape index (κ3) is 4.02. The van der Waals surface area contributed by atoms with Crippen molar-refractivity contribution < 1.29 is 9.47 Å². The lowest BCUT2D eigenvalue weighted by Gasteiger charge is -2.14. The van der Waals surface area contributed by atoms with Crippen LogP contribution in [0.1, 0.15) is 30.5 Å². The molecule has 2 aromatic carbocycles. The van der Waals surface area contributed by atoms with E-state index >= 15 is 0 Å². The van der Waals surface area contributed by atoms with Gasteiger partial charge in [-0.1, -0.05) is 12.1 Å². The Hall–Kier alpha value is -1.99. The van der Waals surface area contributed by atoms with E-state index in [0.29, 0.717) is 17.7 Å². The Labute approximate surface area is 139 Å². The van der Waals surface area contributed by atoms with Crippen molar-refractivity contribution in [2.75, 3.05) is 7.11 Å². The van der Waals surface area contributed by atoms with E-state index in [1.807, 2.05) is 44.2 Å². The van der Waals surface area contributed by atoms with Gasteiger partial charge in [-0.2, -0.15) is 5.26 Å². The smallest absolute Gasteiger partial charge is 0.135 e. The van der Waals surface area contributed by atoms with Crippen molar-refractivity contribution in [2.24, 2.45) is 0 Å². The topological polar surface area (TPSA) is 42.2 Å². The van der Waals surface area contributed by atoms with E-state index in [1.165, 1.54) is 0 Å². The van der Waals surface area contributed by atoms with Crippen LogP contribution in [0.5, 0.6) is 11.5 Å². The fraction of sp³-hybridized carbons (Fsp3) is 0.278. The van der Waals surface area contributed by atoms with Crippen molar-refractivity contribution in [2.45, 2.75) is 26.4 Å². The van der Waals surface area contributed by atoms with Gasteiger partial charge in [0.2, 0.25) is 0 Å². The Morgan fingerprint density at radius 3 is 2.41 bits per heavy atom. The van der Waals surface area contributed by atoms with Crippen LogP contribution in [-0.4, -0.2) is 13.2 Å². The van der Waals surface area contributed by atoms with Crippen molar-refractivity contribution in [1.82, 2.24) is 0 Å². The summed E-state index contributed by atoms with van der Waals surface area (Å²) >= 11 is 3.52. The average Bonchev–Trinajstić information content (AvgIpc) is 2.50. The number of rotatable bonds is 5. The highest BCUT2D eigenvalue weighted by molar-refractivity contribution is 9.10. The number of nitrogens with zero attached hydrogens (tertiary/aromatic N) is 1. The first-order valence-electron chi connectivity index (χ1n) is 7.05. The number of hydrogen-bond donors (Lipinski definition) is 0. The predicted octanol–water partition coefficient (Wildman–Crippen LogP) is 4.71. The second kappa shape index (κ2) is 7.33. The van der Waals surface area contributed by atoms with Gasteiger partial charge in [0, 0.05) is 0 Å². The van der Waals surface area contributed by atoms with Crippen molar-refractivity contribution in [3.05, 3.63) is 57.6 Å². The maximum Gasteiger partial charge on any atom is 0.135 e. The minimum atomic E-state index is 0.0651. The number of methoxy groups -OCH3 is 1. The van der Waals surface area contributed by atoms with E-state index < -0.39 is 0 Å². The maximum absolute atomic E-state index is 9.39. The minimum absolute atomic E-state index is 0.0651. The SMILES string of the molecule is COc1ccc(Cc2cc(Br)c(OC(C)C)cc2C#N)cc1. The van der Waals surface area contributed by atoms with E-state index in [2.05, 4.69) is 22.0 Å². The fourth-order valence-corrected chi connectivity index (χ4v) is 2.64. The van der Waals surface area contributed by atoms with Crippen LogP contribution < -0.4 is 9.47 Å². The zero-order valence-electron chi connectivity index (χ0n) is 12.9. The molecule has 114 valence electrons. The van der Waals surface area contributed by atoms with Crippen LogP contribution in [-0.2, 0) is 6.42 Å². The van der Waals surface area contributed by atoms with Gasteiger partial charge < -0.3 is 9.47 Å². The summed E-state index contributed by atoms with van der Waals surface area (Å²) in [6, 6.07) is 13.9. The Morgan fingerprint density at radius 1 is 1.18 bits per heavy atom. The van der Waals surface area contributed by atoms with Crippen molar-refractivity contribution in [3.63, 3.8) is 0 Å². The highest BCUT2D eigenvalue weighted by atomic mass is 79.9. The molecular formula is C18H18BrNO2. The van der Waals surface area contributed by atoms with Crippen LogP contribution in [0.15, 0.2) is 40.9 Å². The van der Waals surface area contributed by atoms with Gasteiger partial charge in [-0.15, -0.1) is 0 Å². The molecule has 0 heterocycles. The van der Waals surface area contributed by atoms with Crippen molar-refractivity contribution >= 4 is 15.9 Å². The third-order valence-electron chi connectivity index (χ3n) is 3.19. The monoisotopic (exact) mass is 359 g/mol. The molecule has 0 radical (unpaired) electrons. The standard InChI is InChI=1S/C18H18BrNO2/c1-12(2)22-18-10-15(11-20)14(9-17(18)19)8-13-4-6-16(21-3)7-5-13/h4-7,9-10,12H,8H2,1-3H3. The summed E-state index contributed by atoms with van der Waals surface area (Å²) in [5.41, 5.74) is 2.73. The average molecular weight is 360 g/mol. The number of halogens is 1. The van der Waals surface area contributed by atoms with Crippen LogP contribution >= 0.6 is 15.9 Å². The van der Waals surface area contributed by atoms with Crippen LogP contribution in [0.3, 0.4) is 0 Å². The molecule has 0 N–H and O–H groups in total. The lowest BCUT2D eigenvalue weighted by atomic mass is 10.00. The molecule has 0 aliphatic rings. The molecule has 3 nitrogen and oxygen atoms in total. The summed E-state index contributed by atoms with van der Waals surface area (Å²) in [7, 11) is 1.65. The van der Waals surface area contributed by atoms with Crippen LogP contribution in [0.2, 0.25) is 0 Å². The molecule has 0 spiro atoms. The first kappa shape index (κ1) is 16.4. The normalized spacial score (nSPS) is 10.4. The fourth-order valence-electron chi connectivity index (χ4n) is 2.15. The maximum atomic E-state index is 9.39. The lowest BCUT2D eigenvalue weighted by Crippen LogP contribution is -2.07. The summed E-state index contributed by atoms with van der Waals surface area (Å²) in [4.78, 5) is 0. The molecule has 0 aliphatic heterocycles. The van der Waals surface area contributed by atoms with Gasteiger partial charge in [-0.05, 0) is 71.6 Å². The molecule has 2 rings (SSSR count). The Balaban J connectivity index is 2.30. The molecule has 0 fully saturated rings. The molecule has 22 heavy (non-hydrogen) atoms. The molecule has 2 aromatic rings. The highest BCUT2D eigenvalue weighted by Gasteiger charge is 2.11. The highest BCUT2D eigenvalue weighted by Crippen LogP contribution is 2.30. The Kier molecular flexibility index (Phi) is 5.46. The van der Waals surface area contributed by atoms with Crippen LogP contribution in [0.25, 0.3) is 0 Å². The zero-order valence-corrected chi connectivity index (χ0v) is 14.5. The van der Waals surface area contributed by atoms with Gasteiger partial charge in [0.15, 0.2) is 0 Å². The number of nitriles is 1. The Morgan fingerprint density at radius 2 is 1.86 bits per heavy atom. The van der Waals surface area contributed by atoms with E-state index in [0.717, 1.165) is 21.3 Å². The molecular weight excluding hydrogens is 342 g/mol. The molecule has 0 aromatic heterocycles. The molecule has 0 saturated carbocycles. The van der Waals surface area contributed by atoms with Gasteiger partial charge in [-0.3, -0.25) is 0 Å². The van der Waals surface area contributed by atoms with Crippen LogP contribution in [0.4, 0.5) is 0 Å². The van der Waals surface area contributed by atoms with Crippen LogP contribution in [0, 0.1) is 11.3 Å². The molecule has 0 amide bonds. The summed E-state index contributed by atoms with van der Waals surface area (Å²) in [6.07, 6.45) is 0.753. The van der Waals surface area contributed by atoms with Gasteiger partial charge in [0.25, 0.3) is 0 Å². The molecule has 0 aliphatic carbocycles. The van der Waals surface area contributed by atoms with Gasteiger partial charge in [0.05, 0.1) is 29.3 Å². The van der Waals surface area contributed by atoms with E-state index in [1.54, 1.807) is 13.2 Å². The summed E-state index contributed by atoms with van der Waals surface area (Å²) in [6.45, 7) is 3.92.